The maximum atomic E-state index is 9.94. The van der Waals surface area contributed by atoms with Gasteiger partial charge in [0.1, 0.15) is 5.75 Å². The van der Waals surface area contributed by atoms with Gasteiger partial charge in [-0.2, -0.15) is 0 Å². The van der Waals surface area contributed by atoms with Crippen LogP contribution in [0.3, 0.4) is 0 Å². The Bertz CT molecular complexity index is 593. The number of aromatic hydroxyl groups is 1. The lowest BCUT2D eigenvalue weighted by Crippen LogP contribution is -2.21. The summed E-state index contributed by atoms with van der Waals surface area (Å²) in [4.78, 5) is 0. The standard InChI is InChI=1S/C16H17NO/c1-11-6-2-3-7-12(11)14-10-16(14,17)13-8-4-5-9-15(13)18/h2-9,14,18H,10,17H2,1H3. The zero-order valence-electron chi connectivity index (χ0n) is 10.4. The number of phenols is 1. The first kappa shape index (κ1) is 11.3. The zero-order chi connectivity index (χ0) is 12.8. The molecule has 0 bridgehead atoms. The number of aryl methyl sites for hydroxylation is 1. The van der Waals surface area contributed by atoms with Crippen molar-refractivity contribution in [2.24, 2.45) is 5.73 Å². The van der Waals surface area contributed by atoms with Crippen LogP contribution in [0.15, 0.2) is 48.5 Å². The summed E-state index contributed by atoms with van der Waals surface area (Å²) in [6.45, 7) is 2.11. The summed E-state index contributed by atoms with van der Waals surface area (Å²) < 4.78 is 0. The van der Waals surface area contributed by atoms with Gasteiger partial charge >= 0.3 is 0 Å². The Balaban J connectivity index is 1.98. The maximum Gasteiger partial charge on any atom is 0.120 e. The van der Waals surface area contributed by atoms with E-state index in [0.29, 0.717) is 11.7 Å². The van der Waals surface area contributed by atoms with Gasteiger partial charge in [-0.1, -0.05) is 42.5 Å². The number of rotatable bonds is 2. The molecule has 1 fully saturated rings. The molecular weight excluding hydrogens is 222 g/mol. The first-order valence-electron chi connectivity index (χ1n) is 6.26. The van der Waals surface area contributed by atoms with Crippen LogP contribution >= 0.6 is 0 Å². The fourth-order valence-corrected chi connectivity index (χ4v) is 2.81. The number of phenolic OH excluding ortho intramolecular Hbond substituents is 1. The van der Waals surface area contributed by atoms with Crippen LogP contribution in [-0.2, 0) is 5.54 Å². The molecular formula is C16H17NO. The molecule has 0 aliphatic heterocycles. The Morgan fingerprint density at radius 1 is 1.11 bits per heavy atom. The van der Waals surface area contributed by atoms with Crippen molar-refractivity contribution in [3.8, 4) is 5.75 Å². The highest BCUT2D eigenvalue weighted by Crippen LogP contribution is 2.58. The Labute approximate surface area is 107 Å². The van der Waals surface area contributed by atoms with E-state index in [0.717, 1.165) is 12.0 Å². The van der Waals surface area contributed by atoms with Crippen molar-refractivity contribution in [2.45, 2.75) is 24.8 Å². The van der Waals surface area contributed by atoms with Crippen molar-refractivity contribution in [1.29, 1.82) is 0 Å². The number of benzene rings is 2. The zero-order valence-corrected chi connectivity index (χ0v) is 10.4. The van der Waals surface area contributed by atoms with Gasteiger partial charge in [-0.05, 0) is 30.5 Å². The number of para-hydroxylation sites is 1. The molecule has 3 N–H and O–H groups in total. The smallest absolute Gasteiger partial charge is 0.120 e. The summed E-state index contributed by atoms with van der Waals surface area (Å²) in [6.07, 6.45) is 0.898. The third kappa shape index (κ3) is 1.61. The van der Waals surface area contributed by atoms with Crippen molar-refractivity contribution in [1.82, 2.24) is 0 Å². The molecule has 2 heteroatoms. The highest BCUT2D eigenvalue weighted by atomic mass is 16.3. The molecule has 1 aliphatic rings. The summed E-state index contributed by atoms with van der Waals surface area (Å²) in [5, 5.41) is 9.94. The Kier molecular flexibility index (Phi) is 2.42. The average Bonchev–Trinajstić information content (AvgIpc) is 3.03. The maximum absolute atomic E-state index is 9.94. The molecule has 0 aromatic heterocycles. The van der Waals surface area contributed by atoms with Crippen LogP contribution in [0.2, 0.25) is 0 Å². The second kappa shape index (κ2) is 3.85. The van der Waals surface area contributed by atoms with E-state index in [-0.39, 0.29) is 0 Å². The lowest BCUT2D eigenvalue weighted by atomic mass is 9.96. The van der Waals surface area contributed by atoms with E-state index in [1.165, 1.54) is 11.1 Å². The second-order valence-corrected chi connectivity index (χ2v) is 5.17. The van der Waals surface area contributed by atoms with Crippen molar-refractivity contribution in [3.05, 3.63) is 65.2 Å². The van der Waals surface area contributed by atoms with Gasteiger partial charge in [-0.3, -0.25) is 0 Å². The molecule has 1 aliphatic carbocycles. The lowest BCUT2D eigenvalue weighted by molar-refractivity contribution is 0.458. The highest BCUT2D eigenvalue weighted by molar-refractivity contribution is 5.49. The van der Waals surface area contributed by atoms with Crippen LogP contribution in [0, 0.1) is 6.92 Å². The first-order chi connectivity index (χ1) is 8.63. The summed E-state index contributed by atoms with van der Waals surface area (Å²) >= 11 is 0. The van der Waals surface area contributed by atoms with Gasteiger partial charge in [0.15, 0.2) is 0 Å². The van der Waals surface area contributed by atoms with Gasteiger partial charge in [0.2, 0.25) is 0 Å². The van der Waals surface area contributed by atoms with Crippen LogP contribution in [0.4, 0.5) is 0 Å². The summed E-state index contributed by atoms with van der Waals surface area (Å²) in [5.74, 6) is 0.614. The molecule has 2 atom stereocenters. The predicted octanol–water partition coefficient (Wildman–Crippen LogP) is 3.04. The molecule has 2 unspecified atom stereocenters. The fraction of sp³-hybridized carbons (Fsp3) is 0.250. The molecule has 0 saturated heterocycles. The van der Waals surface area contributed by atoms with Crippen molar-refractivity contribution < 1.29 is 5.11 Å². The highest BCUT2D eigenvalue weighted by Gasteiger charge is 2.54. The molecule has 18 heavy (non-hydrogen) atoms. The first-order valence-corrected chi connectivity index (χ1v) is 6.26. The molecule has 0 amide bonds. The van der Waals surface area contributed by atoms with E-state index >= 15 is 0 Å². The molecule has 0 spiro atoms. The van der Waals surface area contributed by atoms with Gasteiger partial charge in [0.25, 0.3) is 0 Å². The van der Waals surface area contributed by atoms with E-state index in [4.69, 9.17) is 5.73 Å². The number of hydrogen-bond acceptors (Lipinski definition) is 2. The molecule has 1 saturated carbocycles. The van der Waals surface area contributed by atoms with Crippen LogP contribution in [0.5, 0.6) is 5.75 Å². The van der Waals surface area contributed by atoms with Gasteiger partial charge < -0.3 is 10.8 Å². The second-order valence-electron chi connectivity index (χ2n) is 5.17. The largest absolute Gasteiger partial charge is 0.508 e. The van der Waals surface area contributed by atoms with Crippen LogP contribution < -0.4 is 5.73 Å². The molecule has 0 radical (unpaired) electrons. The normalized spacial score (nSPS) is 26.0. The van der Waals surface area contributed by atoms with Crippen LogP contribution in [-0.4, -0.2) is 5.11 Å². The predicted molar refractivity (Wildman–Crippen MR) is 72.5 cm³/mol. The van der Waals surface area contributed by atoms with E-state index in [1.54, 1.807) is 6.07 Å². The third-order valence-corrected chi connectivity index (χ3v) is 3.97. The van der Waals surface area contributed by atoms with Gasteiger partial charge in [-0.25, -0.2) is 0 Å². The summed E-state index contributed by atoms with van der Waals surface area (Å²) in [7, 11) is 0. The van der Waals surface area contributed by atoms with E-state index in [1.807, 2.05) is 30.3 Å². The third-order valence-electron chi connectivity index (χ3n) is 3.97. The quantitative estimate of drug-likeness (QED) is 0.846. The number of nitrogens with two attached hydrogens (primary N) is 1. The van der Waals surface area contributed by atoms with Gasteiger partial charge in [-0.15, -0.1) is 0 Å². The van der Waals surface area contributed by atoms with Gasteiger partial charge in [0.05, 0.1) is 5.54 Å². The molecule has 0 heterocycles. The monoisotopic (exact) mass is 239 g/mol. The van der Waals surface area contributed by atoms with E-state index in [9.17, 15) is 5.11 Å². The minimum atomic E-state index is -0.405. The van der Waals surface area contributed by atoms with E-state index in [2.05, 4.69) is 19.1 Å². The molecule has 2 aromatic carbocycles. The minimum Gasteiger partial charge on any atom is -0.508 e. The lowest BCUT2D eigenvalue weighted by Gasteiger charge is -2.15. The van der Waals surface area contributed by atoms with E-state index < -0.39 is 5.54 Å². The summed E-state index contributed by atoms with van der Waals surface area (Å²) in [6, 6.07) is 15.7. The Morgan fingerprint density at radius 2 is 1.78 bits per heavy atom. The van der Waals surface area contributed by atoms with Gasteiger partial charge in [0, 0.05) is 11.5 Å². The van der Waals surface area contributed by atoms with Crippen LogP contribution in [0.25, 0.3) is 0 Å². The Morgan fingerprint density at radius 3 is 2.50 bits per heavy atom. The molecule has 2 aromatic rings. The number of hydrogen-bond donors (Lipinski definition) is 2. The van der Waals surface area contributed by atoms with Crippen molar-refractivity contribution >= 4 is 0 Å². The molecule has 92 valence electrons. The van der Waals surface area contributed by atoms with Crippen molar-refractivity contribution in [2.75, 3.05) is 0 Å². The Hall–Kier alpha value is -1.80. The van der Waals surface area contributed by atoms with Crippen molar-refractivity contribution in [3.63, 3.8) is 0 Å². The molecule has 2 nitrogen and oxygen atoms in total. The fourth-order valence-electron chi connectivity index (χ4n) is 2.81. The minimum absolute atomic E-state index is 0.302. The van der Waals surface area contributed by atoms with Crippen LogP contribution in [0.1, 0.15) is 29.0 Å². The molecule has 3 rings (SSSR count). The topological polar surface area (TPSA) is 46.2 Å². The SMILES string of the molecule is Cc1ccccc1C1CC1(N)c1ccccc1O. The summed E-state index contributed by atoms with van der Waals surface area (Å²) in [5.41, 5.74) is 9.47. The average molecular weight is 239 g/mol.